The predicted octanol–water partition coefficient (Wildman–Crippen LogP) is 5.51. The molecular weight excluding hydrogens is 433 g/mol. The summed E-state index contributed by atoms with van der Waals surface area (Å²) in [7, 11) is 0. The van der Waals surface area contributed by atoms with E-state index in [0.717, 1.165) is 5.56 Å². The molecular formula is C26H34FN5O2. The van der Waals surface area contributed by atoms with Gasteiger partial charge in [0.25, 0.3) is 5.56 Å². The number of nitrogens with zero attached hydrogens (tertiary/aromatic N) is 3. The topological polar surface area (TPSA) is 71.4 Å². The van der Waals surface area contributed by atoms with E-state index >= 15 is 0 Å². The van der Waals surface area contributed by atoms with E-state index in [1.165, 1.54) is 11.6 Å². The average Bonchev–Trinajstić information content (AvgIpc) is 3.25. The van der Waals surface area contributed by atoms with Crippen molar-refractivity contribution in [2.75, 3.05) is 28.7 Å². The molecule has 0 saturated heterocycles. The highest BCUT2D eigenvalue weighted by molar-refractivity contribution is 5.73. The van der Waals surface area contributed by atoms with Crippen LogP contribution in [0, 0.1) is 12.7 Å². The van der Waals surface area contributed by atoms with Gasteiger partial charge in [-0.25, -0.2) is 4.39 Å². The Morgan fingerprint density at radius 2 is 1.88 bits per heavy atom. The van der Waals surface area contributed by atoms with Crippen molar-refractivity contribution in [1.29, 1.82) is 0 Å². The summed E-state index contributed by atoms with van der Waals surface area (Å²) in [6.45, 7) is 13.5. The molecule has 0 bridgehead atoms. The molecule has 0 aliphatic carbocycles. The minimum Gasteiger partial charge on any atom is -0.488 e. The van der Waals surface area contributed by atoms with Crippen molar-refractivity contribution in [3.63, 3.8) is 0 Å². The molecule has 0 amide bonds. The number of halogens is 1. The van der Waals surface area contributed by atoms with Gasteiger partial charge in [0.05, 0.1) is 19.3 Å². The third-order valence-electron chi connectivity index (χ3n) is 5.31. The van der Waals surface area contributed by atoms with Gasteiger partial charge in [0.2, 0.25) is 5.95 Å². The maximum Gasteiger partial charge on any atom is 0.300 e. The Bertz CT molecular complexity index is 1180. The highest BCUT2D eigenvalue weighted by Crippen LogP contribution is 2.31. The second-order valence-electron chi connectivity index (χ2n) is 8.14. The molecule has 1 aromatic heterocycles. The lowest BCUT2D eigenvalue weighted by molar-refractivity contribution is 0.231. The molecule has 0 unspecified atom stereocenters. The van der Waals surface area contributed by atoms with Crippen molar-refractivity contribution in [2.24, 2.45) is 0 Å². The second-order valence-corrected chi connectivity index (χ2v) is 8.14. The Morgan fingerprint density at radius 3 is 2.50 bits per heavy atom. The van der Waals surface area contributed by atoms with Crippen molar-refractivity contribution < 1.29 is 9.13 Å². The number of ether oxygens (including phenoxy) is 1. The zero-order valence-electron chi connectivity index (χ0n) is 20.8. The Hall–Kier alpha value is -3.55. The van der Waals surface area contributed by atoms with Gasteiger partial charge in [-0.05, 0) is 45.4 Å². The molecule has 4 rings (SSSR count). The SMILES string of the molecule is CC.CCN1CNc2c1c(=O)nc(Nc1ccc(OC(C)C)c(F)c1)n2Cc1ccc(C)cc1. The molecule has 8 heteroatoms. The first-order chi connectivity index (χ1) is 16.4. The van der Waals surface area contributed by atoms with Gasteiger partial charge in [0.1, 0.15) is 11.5 Å². The third-order valence-corrected chi connectivity index (χ3v) is 5.31. The van der Waals surface area contributed by atoms with Crippen molar-refractivity contribution in [2.45, 2.75) is 54.2 Å². The van der Waals surface area contributed by atoms with Crippen LogP contribution in [-0.2, 0) is 6.54 Å². The van der Waals surface area contributed by atoms with E-state index in [0.29, 0.717) is 42.9 Å². The summed E-state index contributed by atoms with van der Waals surface area (Å²) in [5.74, 6) is 0.754. The van der Waals surface area contributed by atoms with Gasteiger partial charge < -0.3 is 20.3 Å². The number of fused-ring (bicyclic) bond motifs is 1. The minimum absolute atomic E-state index is 0.131. The fraction of sp³-hybridized carbons (Fsp3) is 0.385. The summed E-state index contributed by atoms with van der Waals surface area (Å²) in [6.07, 6.45) is -0.131. The van der Waals surface area contributed by atoms with Crippen LogP contribution in [0.5, 0.6) is 5.75 Å². The van der Waals surface area contributed by atoms with E-state index in [4.69, 9.17) is 4.74 Å². The average molecular weight is 468 g/mol. The van der Waals surface area contributed by atoms with Crippen molar-refractivity contribution in [3.05, 3.63) is 69.8 Å². The zero-order valence-corrected chi connectivity index (χ0v) is 20.8. The lowest BCUT2D eigenvalue weighted by atomic mass is 10.1. The first-order valence-corrected chi connectivity index (χ1v) is 11.8. The molecule has 0 radical (unpaired) electrons. The summed E-state index contributed by atoms with van der Waals surface area (Å²) < 4.78 is 21.9. The highest BCUT2D eigenvalue weighted by atomic mass is 19.1. The van der Waals surface area contributed by atoms with E-state index in [9.17, 15) is 9.18 Å². The molecule has 182 valence electrons. The summed E-state index contributed by atoms with van der Waals surface area (Å²) in [5.41, 5.74) is 2.94. The molecule has 2 aromatic carbocycles. The number of rotatable bonds is 7. The van der Waals surface area contributed by atoms with Gasteiger partial charge in [-0.15, -0.1) is 0 Å². The quantitative estimate of drug-likeness (QED) is 0.478. The van der Waals surface area contributed by atoms with Crippen LogP contribution < -0.4 is 25.8 Å². The fourth-order valence-corrected chi connectivity index (χ4v) is 3.71. The Labute approximate surface area is 200 Å². The van der Waals surface area contributed by atoms with Gasteiger partial charge in [-0.2, -0.15) is 4.98 Å². The maximum absolute atomic E-state index is 14.5. The molecule has 1 aliphatic rings. The number of anilines is 4. The van der Waals surface area contributed by atoms with Gasteiger partial charge >= 0.3 is 0 Å². The van der Waals surface area contributed by atoms with Gasteiger partial charge in [0, 0.05) is 18.3 Å². The molecule has 2 heterocycles. The van der Waals surface area contributed by atoms with E-state index in [2.05, 4.69) is 15.6 Å². The monoisotopic (exact) mass is 467 g/mol. The zero-order chi connectivity index (χ0) is 24.8. The molecule has 1 aliphatic heterocycles. The van der Waals surface area contributed by atoms with E-state index in [1.807, 2.05) is 75.3 Å². The van der Waals surface area contributed by atoms with Crippen molar-refractivity contribution in [3.8, 4) is 5.75 Å². The molecule has 0 saturated carbocycles. The minimum atomic E-state index is -0.479. The molecule has 0 atom stereocenters. The number of aromatic nitrogens is 2. The van der Waals surface area contributed by atoms with Crippen LogP contribution in [0.1, 0.15) is 45.7 Å². The summed E-state index contributed by atoms with van der Waals surface area (Å²) in [4.78, 5) is 19.1. The number of nitrogens with one attached hydrogen (secondary N) is 2. The second kappa shape index (κ2) is 11.0. The fourth-order valence-electron chi connectivity index (χ4n) is 3.71. The third kappa shape index (κ3) is 5.50. The maximum atomic E-state index is 14.5. The lowest BCUT2D eigenvalue weighted by Crippen LogP contribution is -2.27. The van der Waals surface area contributed by atoms with Gasteiger partial charge in [0.15, 0.2) is 11.6 Å². The number of benzene rings is 2. The number of hydrogen-bond donors (Lipinski definition) is 2. The highest BCUT2D eigenvalue weighted by Gasteiger charge is 2.26. The molecule has 34 heavy (non-hydrogen) atoms. The van der Waals surface area contributed by atoms with Crippen LogP contribution in [0.25, 0.3) is 0 Å². The van der Waals surface area contributed by atoms with Crippen LogP contribution in [-0.4, -0.2) is 28.9 Å². The van der Waals surface area contributed by atoms with E-state index in [-0.39, 0.29) is 17.4 Å². The first-order valence-electron chi connectivity index (χ1n) is 11.8. The summed E-state index contributed by atoms with van der Waals surface area (Å²) >= 11 is 0. The van der Waals surface area contributed by atoms with E-state index < -0.39 is 5.82 Å². The van der Waals surface area contributed by atoms with E-state index in [1.54, 1.807) is 12.1 Å². The van der Waals surface area contributed by atoms with Crippen LogP contribution in [0.2, 0.25) is 0 Å². The van der Waals surface area contributed by atoms with Crippen LogP contribution in [0.3, 0.4) is 0 Å². The molecule has 3 aromatic rings. The summed E-state index contributed by atoms with van der Waals surface area (Å²) in [6, 6.07) is 12.8. The Morgan fingerprint density at radius 1 is 1.18 bits per heavy atom. The standard InChI is InChI=1S/C24H28FN5O2.C2H6/c1-5-29-14-26-22-21(29)23(31)28-24(30(22)13-17-8-6-16(4)7-9-17)27-18-10-11-20(19(25)12-18)32-15(2)3;1-2/h6-12,15,26H,5,13-14H2,1-4H3,(H,27,28,31);1-2H3. The number of hydrogen-bond acceptors (Lipinski definition) is 6. The smallest absolute Gasteiger partial charge is 0.300 e. The van der Waals surface area contributed by atoms with Crippen LogP contribution in [0.4, 0.5) is 27.5 Å². The van der Waals surface area contributed by atoms with Crippen molar-refractivity contribution >= 4 is 23.1 Å². The lowest BCUT2D eigenvalue weighted by Gasteiger charge is -2.19. The van der Waals surface area contributed by atoms with Gasteiger partial charge in [-0.3, -0.25) is 9.36 Å². The molecule has 0 fully saturated rings. The van der Waals surface area contributed by atoms with Crippen molar-refractivity contribution in [1.82, 2.24) is 9.55 Å². The first kappa shape index (κ1) is 25.1. The molecule has 2 N–H and O–H groups in total. The number of aryl methyl sites for hydroxylation is 1. The predicted molar refractivity (Wildman–Crippen MR) is 137 cm³/mol. The Kier molecular flexibility index (Phi) is 8.15. The molecule has 0 spiro atoms. The molecule has 7 nitrogen and oxygen atoms in total. The van der Waals surface area contributed by atoms with Crippen LogP contribution in [0.15, 0.2) is 47.3 Å². The largest absolute Gasteiger partial charge is 0.488 e. The van der Waals surface area contributed by atoms with Gasteiger partial charge in [-0.1, -0.05) is 43.7 Å². The summed E-state index contributed by atoms with van der Waals surface area (Å²) in [5, 5.41) is 6.45. The Balaban J connectivity index is 0.00000158. The normalized spacial score (nSPS) is 12.1. The van der Waals surface area contributed by atoms with Crippen LogP contribution >= 0.6 is 0 Å².